The highest BCUT2D eigenvalue weighted by Gasteiger charge is 2.14. The van der Waals surface area contributed by atoms with Gasteiger partial charge in [-0.1, -0.05) is 0 Å². The Morgan fingerprint density at radius 2 is 2.23 bits per heavy atom. The van der Waals surface area contributed by atoms with E-state index in [1.807, 2.05) is 0 Å². The van der Waals surface area contributed by atoms with Gasteiger partial charge < -0.3 is 10.8 Å². The molecule has 0 radical (unpaired) electrons. The molecule has 0 fully saturated rings. The number of hydrogen-bond acceptors (Lipinski definition) is 3. The molecule has 0 bridgehead atoms. The maximum Gasteiger partial charge on any atom is 0.183 e. The van der Waals surface area contributed by atoms with Crippen LogP contribution in [0.4, 0.5) is 10.1 Å². The van der Waals surface area contributed by atoms with Gasteiger partial charge in [0, 0.05) is 11.8 Å². The normalized spacial score (nSPS) is 10.0. The van der Waals surface area contributed by atoms with Gasteiger partial charge in [-0.25, -0.2) is 4.39 Å². The number of hydrogen-bond donors (Lipinski definition) is 2. The summed E-state index contributed by atoms with van der Waals surface area (Å²) in [6.45, 7) is 0. The van der Waals surface area contributed by atoms with Gasteiger partial charge in [0.15, 0.2) is 5.78 Å². The highest BCUT2D eigenvalue weighted by atomic mass is 35.5. The van der Waals surface area contributed by atoms with Crippen molar-refractivity contribution >= 4 is 23.1 Å². The number of ketones is 1. The number of anilines is 1. The number of nitrogens with two attached hydrogens (primary N) is 1. The van der Waals surface area contributed by atoms with Gasteiger partial charge in [-0.15, -0.1) is 11.6 Å². The van der Waals surface area contributed by atoms with Crippen LogP contribution in [-0.4, -0.2) is 16.8 Å². The SMILES string of the molecule is Nc1cc(F)cc(O)c1C(=O)CCl. The minimum atomic E-state index is -0.693. The molecule has 3 nitrogen and oxygen atoms in total. The van der Waals surface area contributed by atoms with E-state index >= 15 is 0 Å². The minimum absolute atomic E-state index is 0.108. The smallest absolute Gasteiger partial charge is 0.183 e. The number of alkyl halides is 1. The number of halogens is 2. The van der Waals surface area contributed by atoms with E-state index < -0.39 is 17.3 Å². The molecular weight excluding hydrogens is 197 g/mol. The van der Waals surface area contributed by atoms with E-state index in [1.54, 1.807) is 0 Å². The Morgan fingerprint density at radius 3 is 2.69 bits per heavy atom. The van der Waals surface area contributed by atoms with E-state index in [1.165, 1.54) is 0 Å². The summed E-state index contributed by atoms with van der Waals surface area (Å²) in [5.41, 5.74) is 5.08. The fourth-order valence-electron chi connectivity index (χ4n) is 0.984. The zero-order chi connectivity index (χ0) is 10.0. The van der Waals surface area contributed by atoms with Gasteiger partial charge in [-0.2, -0.15) is 0 Å². The van der Waals surface area contributed by atoms with Crippen molar-refractivity contribution in [2.24, 2.45) is 0 Å². The zero-order valence-electron chi connectivity index (χ0n) is 6.55. The Morgan fingerprint density at radius 1 is 1.62 bits per heavy atom. The molecule has 0 unspecified atom stereocenters. The second-order valence-electron chi connectivity index (χ2n) is 2.45. The summed E-state index contributed by atoms with van der Waals surface area (Å²) in [6, 6.07) is 1.77. The molecule has 1 aromatic rings. The number of nitrogen functional groups attached to an aromatic ring is 1. The summed E-state index contributed by atoms with van der Waals surface area (Å²) in [7, 11) is 0. The van der Waals surface area contributed by atoms with Crippen molar-refractivity contribution in [1.82, 2.24) is 0 Å². The van der Waals surface area contributed by atoms with Crippen LogP contribution < -0.4 is 5.73 Å². The van der Waals surface area contributed by atoms with E-state index in [-0.39, 0.29) is 17.1 Å². The predicted octanol–water partition coefficient (Wildman–Crippen LogP) is 1.53. The van der Waals surface area contributed by atoms with Crippen LogP contribution in [0.1, 0.15) is 10.4 Å². The monoisotopic (exact) mass is 203 g/mol. The zero-order valence-corrected chi connectivity index (χ0v) is 7.31. The molecule has 0 aliphatic rings. The number of carbonyl (C=O) groups excluding carboxylic acids is 1. The molecule has 0 heterocycles. The Kier molecular flexibility index (Phi) is 2.72. The van der Waals surface area contributed by atoms with Crippen molar-refractivity contribution in [1.29, 1.82) is 0 Å². The maximum absolute atomic E-state index is 12.6. The number of benzene rings is 1. The Balaban J connectivity index is 3.28. The average Bonchev–Trinajstić information content (AvgIpc) is 2.02. The molecule has 13 heavy (non-hydrogen) atoms. The molecule has 0 aliphatic heterocycles. The molecule has 0 aromatic heterocycles. The number of Topliss-reactive ketones (excluding diaryl/α,β-unsaturated/α-hetero) is 1. The lowest BCUT2D eigenvalue weighted by Gasteiger charge is -2.05. The minimum Gasteiger partial charge on any atom is -0.507 e. The first-order chi connectivity index (χ1) is 6.06. The summed E-state index contributed by atoms with van der Waals surface area (Å²) >= 11 is 5.26. The third-order valence-corrected chi connectivity index (χ3v) is 1.76. The largest absolute Gasteiger partial charge is 0.507 e. The van der Waals surface area contributed by atoms with E-state index in [9.17, 15) is 14.3 Å². The lowest BCUT2D eigenvalue weighted by atomic mass is 10.1. The summed E-state index contributed by atoms with van der Waals surface area (Å²) in [5, 5.41) is 9.17. The molecule has 70 valence electrons. The third kappa shape index (κ3) is 1.89. The van der Waals surface area contributed by atoms with Gasteiger partial charge in [0.2, 0.25) is 0 Å². The van der Waals surface area contributed by atoms with Gasteiger partial charge in [0.1, 0.15) is 11.6 Å². The molecule has 0 saturated heterocycles. The molecule has 3 N–H and O–H groups in total. The second-order valence-corrected chi connectivity index (χ2v) is 2.71. The third-order valence-electron chi connectivity index (χ3n) is 1.51. The van der Waals surface area contributed by atoms with Crippen LogP contribution in [-0.2, 0) is 0 Å². The van der Waals surface area contributed by atoms with Crippen LogP contribution in [0.15, 0.2) is 12.1 Å². The van der Waals surface area contributed by atoms with Crippen LogP contribution in [0.25, 0.3) is 0 Å². The highest BCUT2D eigenvalue weighted by molar-refractivity contribution is 6.31. The van der Waals surface area contributed by atoms with Crippen molar-refractivity contribution in [2.75, 3.05) is 11.6 Å². The first-order valence-electron chi connectivity index (χ1n) is 3.43. The first-order valence-corrected chi connectivity index (χ1v) is 3.97. The van der Waals surface area contributed by atoms with Crippen molar-refractivity contribution in [3.63, 3.8) is 0 Å². The van der Waals surface area contributed by atoms with Crippen molar-refractivity contribution in [3.05, 3.63) is 23.5 Å². The van der Waals surface area contributed by atoms with Crippen molar-refractivity contribution < 1.29 is 14.3 Å². The Hall–Kier alpha value is -1.29. The topological polar surface area (TPSA) is 63.3 Å². The van der Waals surface area contributed by atoms with E-state index in [2.05, 4.69) is 0 Å². The molecule has 0 aliphatic carbocycles. The van der Waals surface area contributed by atoms with Crippen LogP contribution in [0.3, 0.4) is 0 Å². The van der Waals surface area contributed by atoms with Crippen LogP contribution in [0.5, 0.6) is 5.75 Å². The lowest BCUT2D eigenvalue weighted by molar-refractivity contribution is 0.101. The van der Waals surface area contributed by atoms with Gasteiger partial charge in [-0.3, -0.25) is 4.79 Å². The molecule has 0 amide bonds. The van der Waals surface area contributed by atoms with Gasteiger partial charge >= 0.3 is 0 Å². The van der Waals surface area contributed by atoms with Gasteiger partial charge in [0.05, 0.1) is 11.4 Å². The fourth-order valence-corrected chi connectivity index (χ4v) is 1.12. The van der Waals surface area contributed by atoms with Crippen molar-refractivity contribution in [2.45, 2.75) is 0 Å². The second kappa shape index (κ2) is 3.62. The number of aromatic hydroxyl groups is 1. The molecule has 1 rings (SSSR count). The Labute approximate surface area is 78.9 Å². The first kappa shape index (κ1) is 9.80. The number of rotatable bonds is 2. The number of phenolic OH excluding ortho intramolecular Hbond substituents is 1. The molecule has 5 heteroatoms. The Bertz CT molecular complexity index is 331. The number of carbonyl (C=O) groups is 1. The van der Waals surface area contributed by atoms with Gasteiger partial charge in [0.25, 0.3) is 0 Å². The van der Waals surface area contributed by atoms with Crippen LogP contribution in [0.2, 0.25) is 0 Å². The summed E-state index contributed by atoms with van der Waals surface area (Å²) in [5.74, 6) is -2.01. The molecular formula is C8H7ClFNO2. The summed E-state index contributed by atoms with van der Waals surface area (Å²) in [4.78, 5) is 11.1. The van der Waals surface area contributed by atoms with Crippen LogP contribution >= 0.6 is 11.6 Å². The van der Waals surface area contributed by atoms with E-state index in [4.69, 9.17) is 17.3 Å². The average molecular weight is 204 g/mol. The predicted molar refractivity (Wildman–Crippen MR) is 47.5 cm³/mol. The molecule has 0 saturated carbocycles. The lowest BCUT2D eigenvalue weighted by Crippen LogP contribution is -2.05. The quantitative estimate of drug-likeness (QED) is 0.435. The van der Waals surface area contributed by atoms with E-state index in [0.29, 0.717) is 0 Å². The van der Waals surface area contributed by atoms with Crippen molar-refractivity contribution in [3.8, 4) is 5.75 Å². The van der Waals surface area contributed by atoms with Gasteiger partial charge in [-0.05, 0) is 6.07 Å². The number of phenols is 1. The van der Waals surface area contributed by atoms with E-state index in [0.717, 1.165) is 12.1 Å². The van der Waals surface area contributed by atoms with Crippen LogP contribution in [0, 0.1) is 5.82 Å². The molecule has 0 spiro atoms. The summed E-state index contributed by atoms with van der Waals surface area (Å²) in [6.07, 6.45) is 0. The standard InChI is InChI=1S/C8H7ClFNO2/c9-3-7(13)8-5(11)1-4(10)2-6(8)12/h1-2,12H,3,11H2. The molecule has 1 aromatic carbocycles. The summed E-state index contributed by atoms with van der Waals surface area (Å²) < 4.78 is 12.6. The fraction of sp³-hybridized carbons (Fsp3) is 0.125. The highest BCUT2D eigenvalue weighted by Crippen LogP contribution is 2.25. The molecule has 0 atom stereocenters. The maximum atomic E-state index is 12.6.